The molecule has 0 heterocycles. The molecule has 0 spiro atoms. The Kier molecular flexibility index (Phi) is 8.37. The second kappa shape index (κ2) is 9.58. The van der Waals surface area contributed by atoms with Crippen LogP contribution < -0.4 is 10.5 Å². The van der Waals surface area contributed by atoms with E-state index in [0.717, 1.165) is 12.0 Å². The Bertz CT molecular complexity index is 542. The van der Waals surface area contributed by atoms with E-state index in [2.05, 4.69) is 18.6 Å². The fourth-order valence-corrected chi connectivity index (χ4v) is 2.74. The van der Waals surface area contributed by atoms with Gasteiger partial charge in [0.15, 0.2) is 6.29 Å². The molecule has 0 aliphatic carbocycles. The highest BCUT2D eigenvalue weighted by Gasteiger charge is 2.29. The summed E-state index contributed by atoms with van der Waals surface area (Å²) in [6.45, 7) is 9.13. The third-order valence-electron chi connectivity index (χ3n) is 3.87. The third-order valence-corrected chi connectivity index (χ3v) is 3.87. The molecular formula is C19H30F3NO3. The van der Waals surface area contributed by atoms with Crippen LogP contribution in [0.15, 0.2) is 24.3 Å². The third kappa shape index (κ3) is 8.87. The van der Waals surface area contributed by atoms with E-state index in [1.807, 2.05) is 32.0 Å². The molecule has 0 radical (unpaired) electrons. The maximum atomic E-state index is 11.9. The van der Waals surface area contributed by atoms with E-state index in [-0.39, 0.29) is 18.1 Å². The van der Waals surface area contributed by atoms with E-state index >= 15 is 0 Å². The van der Waals surface area contributed by atoms with Gasteiger partial charge >= 0.3 is 6.36 Å². The zero-order valence-electron chi connectivity index (χ0n) is 16.1. The largest absolute Gasteiger partial charge is 0.522 e. The minimum Gasteiger partial charge on any atom is -0.465 e. The average Bonchev–Trinajstić information content (AvgIpc) is 2.47. The van der Waals surface area contributed by atoms with E-state index in [4.69, 9.17) is 15.2 Å². The molecule has 0 saturated heterocycles. The Morgan fingerprint density at radius 3 is 2.27 bits per heavy atom. The molecule has 1 rings (SSSR count). The fourth-order valence-electron chi connectivity index (χ4n) is 2.74. The molecule has 0 bridgehead atoms. The van der Waals surface area contributed by atoms with Crippen molar-refractivity contribution in [1.82, 2.24) is 0 Å². The Balaban J connectivity index is 2.67. The Morgan fingerprint density at radius 1 is 1.08 bits per heavy atom. The number of alkyl halides is 3. The number of hydrogen-bond donors (Lipinski definition) is 1. The molecule has 2 atom stereocenters. The van der Waals surface area contributed by atoms with Gasteiger partial charge in [-0.15, -0.1) is 13.2 Å². The first-order chi connectivity index (χ1) is 11.9. The van der Waals surface area contributed by atoms with Crippen LogP contribution >= 0.6 is 0 Å². The van der Waals surface area contributed by atoms with E-state index in [0.29, 0.717) is 11.7 Å². The summed E-state index contributed by atoms with van der Waals surface area (Å²) in [5.41, 5.74) is 7.03. The van der Waals surface area contributed by atoms with Crippen LogP contribution in [0.4, 0.5) is 13.2 Å². The van der Waals surface area contributed by atoms with Crippen molar-refractivity contribution in [2.75, 3.05) is 13.2 Å². The minimum atomic E-state index is -4.65. The van der Waals surface area contributed by atoms with Crippen LogP contribution in [0.25, 0.3) is 0 Å². The molecule has 0 saturated carbocycles. The number of halogens is 3. The summed E-state index contributed by atoms with van der Waals surface area (Å²) in [6, 6.07) is 7.58. The van der Waals surface area contributed by atoms with Crippen LogP contribution in [0.2, 0.25) is 0 Å². The number of ether oxygens (including phenoxy) is 3. The summed E-state index contributed by atoms with van der Waals surface area (Å²) in [6.07, 6.45) is -4.41. The summed E-state index contributed by atoms with van der Waals surface area (Å²) in [4.78, 5) is 0. The van der Waals surface area contributed by atoms with Gasteiger partial charge in [-0.25, -0.2) is 0 Å². The topological polar surface area (TPSA) is 53.7 Å². The molecule has 150 valence electrons. The summed E-state index contributed by atoms with van der Waals surface area (Å²) < 4.78 is 50.3. The predicted molar refractivity (Wildman–Crippen MR) is 95.0 cm³/mol. The highest BCUT2D eigenvalue weighted by molar-refractivity contribution is 5.32. The summed E-state index contributed by atoms with van der Waals surface area (Å²) in [7, 11) is 0. The van der Waals surface area contributed by atoms with Crippen molar-refractivity contribution < 1.29 is 27.4 Å². The average molecular weight is 377 g/mol. The van der Waals surface area contributed by atoms with E-state index < -0.39 is 19.3 Å². The highest BCUT2D eigenvalue weighted by atomic mass is 19.4. The molecule has 0 aliphatic rings. The van der Waals surface area contributed by atoms with Gasteiger partial charge in [-0.3, -0.25) is 4.74 Å². The van der Waals surface area contributed by atoms with Gasteiger partial charge in [-0.05, 0) is 50.8 Å². The summed E-state index contributed by atoms with van der Waals surface area (Å²) in [5, 5.41) is 0. The zero-order chi connectivity index (χ0) is 20.0. The molecule has 0 amide bonds. The molecule has 26 heavy (non-hydrogen) atoms. The van der Waals surface area contributed by atoms with Crippen LogP contribution in [0.1, 0.15) is 52.5 Å². The number of nitrogens with two attached hydrogens (primary N) is 1. The van der Waals surface area contributed by atoms with Crippen LogP contribution in [0.3, 0.4) is 0 Å². The standard InChI is InChI=1S/C19H30F3NO3/c1-13(2)11-17(18(4,5)23)15-7-6-8-16(12-15)26-14(3)24-9-10-25-19(20,21)22/h6-8,12-14,17H,9-11,23H2,1-5H3. The predicted octanol–water partition coefficient (Wildman–Crippen LogP) is 4.83. The van der Waals surface area contributed by atoms with Crippen molar-refractivity contribution in [3.05, 3.63) is 29.8 Å². The SMILES string of the molecule is CC(C)CC(c1cccc(OC(C)OCCOC(F)(F)F)c1)C(C)(C)N. The van der Waals surface area contributed by atoms with Crippen molar-refractivity contribution >= 4 is 0 Å². The van der Waals surface area contributed by atoms with Crippen LogP contribution in [0.5, 0.6) is 5.75 Å². The van der Waals surface area contributed by atoms with Crippen LogP contribution in [0, 0.1) is 5.92 Å². The summed E-state index contributed by atoms with van der Waals surface area (Å²) in [5.74, 6) is 1.23. The zero-order valence-corrected chi connectivity index (χ0v) is 16.1. The van der Waals surface area contributed by atoms with Gasteiger partial charge in [0.25, 0.3) is 0 Å². The molecule has 1 aromatic carbocycles. The van der Waals surface area contributed by atoms with Gasteiger partial charge in [0, 0.05) is 11.5 Å². The molecule has 0 fully saturated rings. The van der Waals surface area contributed by atoms with Gasteiger partial charge in [0.2, 0.25) is 0 Å². The summed E-state index contributed by atoms with van der Waals surface area (Å²) >= 11 is 0. The van der Waals surface area contributed by atoms with Crippen molar-refractivity contribution in [2.45, 2.75) is 65.1 Å². The van der Waals surface area contributed by atoms with E-state index in [1.165, 1.54) is 0 Å². The Labute approximate surface area is 153 Å². The van der Waals surface area contributed by atoms with Gasteiger partial charge in [-0.2, -0.15) is 0 Å². The normalized spacial score (nSPS) is 15.2. The number of rotatable bonds is 10. The molecule has 0 aromatic heterocycles. The van der Waals surface area contributed by atoms with Gasteiger partial charge in [0.1, 0.15) is 5.75 Å². The van der Waals surface area contributed by atoms with Gasteiger partial charge in [-0.1, -0.05) is 26.0 Å². The first-order valence-corrected chi connectivity index (χ1v) is 8.76. The molecule has 2 unspecified atom stereocenters. The van der Waals surface area contributed by atoms with Crippen molar-refractivity contribution in [3.63, 3.8) is 0 Å². The van der Waals surface area contributed by atoms with Crippen molar-refractivity contribution in [2.24, 2.45) is 11.7 Å². The first-order valence-electron chi connectivity index (χ1n) is 8.76. The molecule has 4 nitrogen and oxygen atoms in total. The van der Waals surface area contributed by atoms with E-state index in [9.17, 15) is 13.2 Å². The van der Waals surface area contributed by atoms with Gasteiger partial charge < -0.3 is 15.2 Å². The van der Waals surface area contributed by atoms with E-state index in [1.54, 1.807) is 13.0 Å². The second-order valence-corrected chi connectivity index (χ2v) is 7.43. The van der Waals surface area contributed by atoms with Crippen molar-refractivity contribution in [1.29, 1.82) is 0 Å². The molecular weight excluding hydrogens is 347 g/mol. The molecule has 0 aliphatic heterocycles. The first kappa shape index (κ1) is 22.7. The number of benzene rings is 1. The van der Waals surface area contributed by atoms with Gasteiger partial charge in [0.05, 0.1) is 13.2 Å². The Hall–Kier alpha value is -1.31. The highest BCUT2D eigenvalue weighted by Crippen LogP contribution is 2.34. The molecule has 1 aromatic rings. The van der Waals surface area contributed by atoms with Crippen molar-refractivity contribution in [3.8, 4) is 5.75 Å². The molecule has 7 heteroatoms. The maximum absolute atomic E-state index is 11.9. The maximum Gasteiger partial charge on any atom is 0.522 e. The lowest BCUT2D eigenvalue weighted by Gasteiger charge is -2.32. The minimum absolute atomic E-state index is 0.155. The second-order valence-electron chi connectivity index (χ2n) is 7.43. The van der Waals surface area contributed by atoms with Crippen LogP contribution in [-0.2, 0) is 9.47 Å². The monoisotopic (exact) mass is 377 g/mol. The van der Waals surface area contributed by atoms with Crippen LogP contribution in [-0.4, -0.2) is 31.4 Å². The quantitative estimate of drug-likeness (QED) is 0.469. The fraction of sp³-hybridized carbons (Fsp3) is 0.684. The Morgan fingerprint density at radius 2 is 1.73 bits per heavy atom. The number of hydrogen-bond acceptors (Lipinski definition) is 4. The lowest BCUT2D eigenvalue weighted by molar-refractivity contribution is -0.328. The molecule has 2 N–H and O–H groups in total. The smallest absolute Gasteiger partial charge is 0.465 e. The lowest BCUT2D eigenvalue weighted by Crippen LogP contribution is -2.40. The lowest BCUT2D eigenvalue weighted by atomic mass is 9.77.